The summed E-state index contributed by atoms with van der Waals surface area (Å²) in [5.74, 6) is 1.19. The van der Waals surface area contributed by atoms with E-state index in [2.05, 4.69) is 52.0 Å². The highest BCUT2D eigenvalue weighted by molar-refractivity contribution is 5.35. The first kappa shape index (κ1) is 19.6. The Balaban J connectivity index is 2.34. The van der Waals surface area contributed by atoms with Gasteiger partial charge in [-0.1, -0.05) is 70.5 Å². The van der Waals surface area contributed by atoms with Crippen LogP contribution in [0, 0.1) is 5.92 Å². The zero-order valence-corrected chi connectivity index (χ0v) is 15.4. The van der Waals surface area contributed by atoms with Gasteiger partial charge < -0.3 is 0 Å². The fourth-order valence-electron chi connectivity index (χ4n) is 3.36. The van der Waals surface area contributed by atoms with E-state index in [1.165, 1.54) is 23.3 Å². The minimum absolute atomic E-state index is 0.306. The molecule has 0 fully saturated rings. The molecule has 25 heavy (non-hydrogen) atoms. The van der Waals surface area contributed by atoms with E-state index in [1.54, 1.807) is 12.1 Å². The van der Waals surface area contributed by atoms with E-state index in [1.807, 2.05) is 0 Å². The first-order valence-corrected chi connectivity index (χ1v) is 8.99. The van der Waals surface area contributed by atoms with Crippen LogP contribution in [0.2, 0.25) is 0 Å². The summed E-state index contributed by atoms with van der Waals surface area (Å²) in [5.41, 5.74) is 3.03. The summed E-state index contributed by atoms with van der Waals surface area (Å²) in [6.07, 6.45) is -2.48. The molecule has 136 valence electrons. The van der Waals surface area contributed by atoms with E-state index in [0.29, 0.717) is 17.8 Å². The predicted molar refractivity (Wildman–Crippen MR) is 97.9 cm³/mol. The van der Waals surface area contributed by atoms with Gasteiger partial charge in [0.15, 0.2) is 0 Å². The van der Waals surface area contributed by atoms with Crippen molar-refractivity contribution in [3.63, 3.8) is 0 Å². The minimum Gasteiger partial charge on any atom is -0.166 e. The lowest BCUT2D eigenvalue weighted by molar-refractivity contribution is -0.137. The molecule has 0 N–H and O–H groups in total. The summed E-state index contributed by atoms with van der Waals surface area (Å²) in [4.78, 5) is 0. The van der Waals surface area contributed by atoms with Crippen LogP contribution >= 0.6 is 0 Å². The summed E-state index contributed by atoms with van der Waals surface area (Å²) in [6, 6.07) is 14.1. The molecule has 0 aromatic heterocycles. The van der Waals surface area contributed by atoms with Crippen molar-refractivity contribution in [2.75, 3.05) is 0 Å². The van der Waals surface area contributed by atoms with Gasteiger partial charge in [0, 0.05) is 0 Å². The smallest absolute Gasteiger partial charge is 0.166 e. The minimum atomic E-state index is -4.28. The van der Waals surface area contributed by atoms with Gasteiger partial charge in [-0.15, -0.1) is 0 Å². The maximum atomic E-state index is 12.8. The maximum absolute atomic E-state index is 12.8. The molecule has 0 bridgehead atoms. The standard InChI is InChI=1S/C22H27F3/c1-5-16(4)21(20-9-7-6-8-19(20)15(2)3)14-17-10-12-18(13-11-17)22(23,24)25/h6-13,15-16,21H,5,14H2,1-4H3. The summed E-state index contributed by atoms with van der Waals surface area (Å²) in [5, 5.41) is 0. The molecular weight excluding hydrogens is 321 g/mol. The number of benzene rings is 2. The monoisotopic (exact) mass is 348 g/mol. The molecule has 2 aromatic rings. The molecule has 2 aromatic carbocycles. The molecule has 0 aliphatic carbocycles. The number of hydrogen-bond acceptors (Lipinski definition) is 0. The van der Waals surface area contributed by atoms with Crippen molar-refractivity contribution in [3.05, 3.63) is 70.8 Å². The van der Waals surface area contributed by atoms with Gasteiger partial charge in [-0.2, -0.15) is 13.2 Å². The lowest BCUT2D eigenvalue weighted by Crippen LogP contribution is -2.15. The Kier molecular flexibility index (Phi) is 6.31. The van der Waals surface area contributed by atoms with E-state index >= 15 is 0 Å². The van der Waals surface area contributed by atoms with Gasteiger partial charge >= 0.3 is 6.18 Å². The third-order valence-corrected chi connectivity index (χ3v) is 5.09. The van der Waals surface area contributed by atoms with Crippen molar-refractivity contribution in [2.24, 2.45) is 5.92 Å². The average molecular weight is 348 g/mol. The van der Waals surface area contributed by atoms with Crippen LogP contribution in [0.4, 0.5) is 13.2 Å². The first-order chi connectivity index (χ1) is 11.7. The Bertz CT molecular complexity index is 668. The highest BCUT2D eigenvalue weighted by Gasteiger charge is 2.30. The largest absolute Gasteiger partial charge is 0.416 e. The van der Waals surface area contributed by atoms with Gasteiger partial charge in [-0.25, -0.2) is 0 Å². The molecule has 0 saturated heterocycles. The lowest BCUT2D eigenvalue weighted by Gasteiger charge is -2.27. The van der Waals surface area contributed by atoms with Crippen molar-refractivity contribution < 1.29 is 13.2 Å². The van der Waals surface area contributed by atoms with Crippen LogP contribution in [0.15, 0.2) is 48.5 Å². The molecular formula is C22H27F3. The quantitative estimate of drug-likeness (QED) is 0.518. The molecule has 0 nitrogen and oxygen atoms in total. The SMILES string of the molecule is CCC(C)C(Cc1ccc(C(F)(F)F)cc1)c1ccccc1C(C)C. The van der Waals surface area contributed by atoms with Gasteiger partial charge in [-0.05, 0) is 53.0 Å². The van der Waals surface area contributed by atoms with Crippen molar-refractivity contribution in [1.29, 1.82) is 0 Å². The predicted octanol–water partition coefficient (Wildman–Crippen LogP) is 7.20. The Hall–Kier alpha value is -1.77. The Morgan fingerprint density at radius 2 is 1.40 bits per heavy atom. The Labute approximate surface area is 149 Å². The van der Waals surface area contributed by atoms with Crippen molar-refractivity contribution in [3.8, 4) is 0 Å². The maximum Gasteiger partial charge on any atom is 0.416 e. The molecule has 0 spiro atoms. The highest BCUT2D eigenvalue weighted by Crippen LogP contribution is 2.36. The summed E-state index contributed by atoms with van der Waals surface area (Å²) in [6.45, 7) is 8.77. The Morgan fingerprint density at radius 1 is 0.840 bits per heavy atom. The Morgan fingerprint density at radius 3 is 1.88 bits per heavy atom. The molecule has 2 unspecified atom stereocenters. The van der Waals surface area contributed by atoms with Crippen LogP contribution in [-0.4, -0.2) is 0 Å². The summed E-state index contributed by atoms with van der Waals surface area (Å²) < 4.78 is 38.3. The second-order valence-corrected chi connectivity index (χ2v) is 7.17. The topological polar surface area (TPSA) is 0 Å². The number of alkyl halides is 3. The zero-order chi connectivity index (χ0) is 18.6. The number of rotatable bonds is 6. The molecule has 0 aliphatic heterocycles. The molecule has 2 atom stereocenters. The average Bonchev–Trinajstić information content (AvgIpc) is 2.58. The van der Waals surface area contributed by atoms with Gasteiger partial charge in [0.05, 0.1) is 5.56 Å². The third kappa shape index (κ3) is 4.87. The van der Waals surface area contributed by atoms with E-state index in [4.69, 9.17) is 0 Å². The lowest BCUT2D eigenvalue weighted by atomic mass is 9.77. The summed E-state index contributed by atoms with van der Waals surface area (Å²) in [7, 11) is 0. The molecule has 0 radical (unpaired) electrons. The molecule has 0 amide bonds. The van der Waals surface area contributed by atoms with Crippen molar-refractivity contribution in [2.45, 2.75) is 58.5 Å². The highest BCUT2D eigenvalue weighted by atomic mass is 19.4. The second-order valence-electron chi connectivity index (χ2n) is 7.17. The van der Waals surface area contributed by atoms with Gasteiger partial charge in [0.2, 0.25) is 0 Å². The molecule has 2 rings (SSSR count). The van der Waals surface area contributed by atoms with Crippen LogP contribution < -0.4 is 0 Å². The summed E-state index contributed by atoms with van der Waals surface area (Å²) >= 11 is 0. The van der Waals surface area contributed by atoms with Gasteiger partial charge in [-0.3, -0.25) is 0 Å². The number of hydrogen-bond donors (Lipinski definition) is 0. The van der Waals surface area contributed by atoms with E-state index in [0.717, 1.165) is 18.4 Å². The van der Waals surface area contributed by atoms with Crippen LogP contribution in [0.3, 0.4) is 0 Å². The van der Waals surface area contributed by atoms with Gasteiger partial charge in [0.1, 0.15) is 0 Å². The van der Waals surface area contributed by atoms with Crippen LogP contribution in [0.5, 0.6) is 0 Å². The normalized spacial score (nSPS) is 14.6. The third-order valence-electron chi connectivity index (χ3n) is 5.09. The second kappa shape index (κ2) is 8.07. The zero-order valence-electron chi connectivity index (χ0n) is 15.4. The van der Waals surface area contributed by atoms with Crippen LogP contribution in [0.25, 0.3) is 0 Å². The molecule has 3 heteroatoms. The fraction of sp³-hybridized carbons (Fsp3) is 0.455. The van der Waals surface area contributed by atoms with Crippen molar-refractivity contribution >= 4 is 0 Å². The van der Waals surface area contributed by atoms with Gasteiger partial charge in [0.25, 0.3) is 0 Å². The number of halogens is 3. The van der Waals surface area contributed by atoms with E-state index < -0.39 is 11.7 Å². The first-order valence-electron chi connectivity index (χ1n) is 8.99. The fourth-order valence-corrected chi connectivity index (χ4v) is 3.36. The van der Waals surface area contributed by atoms with Crippen LogP contribution in [-0.2, 0) is 12.6 Å². The molecule has 0 heterocycles. The molecule has 0 aliphatic rings. The van der Waals surface area contributed by atoms with Crippen molar-refractivity contribution in [1.82, 2.24) is 0 Å². The van der Waals surface area contributed by atoms with E-state index in [9.17, 15) is 13.2 Å². The van der Waals surface area contributed by atoms with E-state index in [-0.39, 0.29) is 0 Å². The molecule has 0 saturated carbocycles. The van der Waals surface area contributed by atoms with Crippen LogP contribution in [0.1, 0.15) is 68.2 Å².